The van der Waals surface area contributed by atoms with Crippen molar-refractivity contribution in [3.63, 3.8) is 0 Å². The van der Waals surface area contributed by atoms with Crippen LogP contribution in [0.2, 0.25) is 0 Å². The average Bonchev–Trinajstić information content (AvgIpc) is 2.83. The molecule has 0 aromatic carbocycles. The number of hydrogen-bond donors (Lipinski definition) is 0. The van der Waals surface area contributed by atoms with Crippen LogP contribution in [0.5, 0.6) is 0 Å². The summed E-state index contributed by atoms with van der Waals surface area (Å²) < 4.78 is 6.97. The molecule has 0 radical (unpaired) electrons. The standard InChI is InChI=1S/C13H16N2O2S/c1-8(2)17-13(16)12-5-10(6-15(12)4)11-7-18-9(3)14-11/h5-8H,1-4H3. The summed E-state index contributed by atoms with van der Waals surface area (Å²) in [7, 11) is 1.83. The lowest BCUT2D eigenvalue weighted by Gasteiger charge is -2.07. The predicted octanol–water partition coefficient (Wildman–Crippen LogP) is 3.02. The Balaban J connectivity index is 2.29. The quantitative estimate of drug-likeness (QED) is 0.800. The van der Waals surface area contributed by atoms with Crippen molar-refractivity contribution in [2.45, 2.75) is 26.9 Å². The number of hydrogen-bond acceptors (Lipinski definition) is 4. The molecule has 0 bridgehead atoms. The zero-order valence-electron chi connectivity index (χ0n) is 10.9. The Morgan fingerprint density at radius 1 is 1.50 bits per heavy atom. The Labute approximate surface area is 110 Å². The SMILES string of the molecule is Cc1nc(-c2cc(C(=O)OC(C)C)n(C)c2)cs1. The van der Waals surface area contributed by atoms with E-state index >= 15 is 0 Å². The van der Waals surface area contributed by atoms with Crippen LogP contribution in [0, 0.1) is 6.92 Å². The summed E-state index contributed by atoms with van der Waals surface area (Å²) in [5.41, 5.74) is 2.39. The minimum atomic E-state index is -0.300. The molecular formula is C13H16N2O2S. The van der Waals surface area contributed by atoms with Gasteiger partial charge in [-0.1, -0.05) is 0 Å². The molecule has 0 saturated heterocycles. The van der Waals surface area contributed by atoms with Gasteiger partial charge in [-0.2, -0.15) is 0 Å². The van der Waals surface area contributed by atoms with E-state index in [2.05, 4.69) is 4.98 Å². The molecular weight excluding hydrogens is 248 g/mol. The summed E-state index contributed by atoms with van der Waals surface area (Å²) >= 11 is 1.60. The molecule has 2 rings (SSSR count). The van der Waals surface area contributed by atoms with Gasteiger partial charge in [0.2, 0.25) is 0 Å². The number of nitrogens with zero attached hydrogens (tertiary/aromatic N) is 2. The van der Waals surface area contributed by atoms with Crippen molar-refractivity contribution >= 4 is 17.3 Å². The van der Waals surface area contributed by atoms with Gasteiger partial charge in [-0.3, -0.25) is 0 Å². The van der Waals surface area contributed by atoms with E-state index in [0.717, 1.165) is 16.3 Å². The van der Waals surface area contributed by atoms with Crippen LogP contribution in [-0.4, -0.2) is 21.6 Å². The first-order valence-corrected chi connectivity index (χ1v) is 6.65. The van der Waals surface area contributed by atoms with Crippen LogP contribution in [0.15, 0.2) is 17.6 Å². The lowest BCUT2D eigenvalue weighted by molar-refractivity contribution is 0.0366. The van der Waals surface area contributed by atoms with Crippen molar-refractivity contribution in [1.82, 2.24) is 9.55 Å². The van der Waals surface area contributed by atoms with Crippen molar-refractivity contribution in [3.05, 3.63) is 28.3 Å². The molecule has 0 aliphatic rings. The van der Waals surface area contributed by atoms with E-state index in [1.54, 1.807) is 15.9 Å². The van der Waals surface area contributed by atoms with Gasteiger partial charge >= 0.3 is 5.97 Å². The third kappa shape index (κ3) is 2.61. The van der Waals surface area contributed by atoms with Gasteiger partial charge in [0.15, 0.2) is 0 Å². The zero-order valence-corrected chi connectivity index (χ0v) is 11.7. The highest BCUT2D eigenvalue weighted by molar-refractivity contribution is 7.09. The first kappa shape index (κ1) is 12.8. The fourth-order valence-electron chi connectivity index (χ4n) is 1.68. The molecule has 0 atom stereocenters. The topological polar surface area (TPSA) is 44.1 Å². The summed E-state index contributed by atoms with van der Waals surface area (Å²) in [4.78, 5) is 16.3. The number of carbonyl (C=O) groups is 1. The van der Waals surface area contributed by atoms with Crippen molar-refractivity contribution < 1.29 is 9.53 Å². The van der Waals surface area contributed by atoms with Gasteiger partial charge in [0.05, 0.1) is 16.8 Å². The third-order valence-electron chi connectivity index (χ3n) is 2.47. The maximum absolute atomic E-state index is 11.9. The Morgan fingerprint density at radius 2 is 2.22 bits per heavy atom. The van der Waals surface area contributed by atoms with Gasteiger partial charge in [-0.25, -0.2) is 9.78 Å². The minimum absolute atomic E-state index is 0.114. The first-order chi connectivity index (χ1) is 8.47. The van der Waals surface area contributed by atoms with Crippen molar-refractivity contribution in [2.75, 3.05) is 0 Å². The molecule has 0 unspecified atom stereocenters. The van der Waals surface area contributed by atoms with E-state index in [-0.39, 0.29) is 12.1 Å². The molecule has 0 saturated carbocycles. The maximum Gasteiger partial charge on any atom is 0.355 e. The lowest BCUT2D eigenvalue weighted by atomic mass is 10.2. The average molecular weight is 264 g/mol. The van der Waals surface area contributed by atoms with Gasteiger partial charge in [0.25, 0.3) is 0 Å². The molecule has 0 fully saturated rings. The van der Waals surface area contributed by atoms with Crippen LogP contribution in [0.25, 0.3) is 11.3 Å². The van der Waals surface area contributed by atoms with Crippen LogP contribution in [-0.2, 0) is 11.8 Å². The minimum Gasteiger partial charge on any atom is -0.458 e. The van der Waals surface area contributed by atoms with Crippen LogP contribution in [0.3, 0.4) is 0 Å². The van der Waals surface area contributed by atoms with Gasteiger partial charge in [-0.15, -0.1) is 11.3 Å². The van der Waals surface area contributed by atoms with Gasteiger partial charge in [0.1, 0.15) is 5.69 Å². The highest BCUT2D eigenvalue weighted by Crippen LogP contribution is 2.23. The van der Waals surface area contributed by atoms with Crippen LogP contribution >= 0.6 is 11.3 Å². The highest BCUT2D eigenvalue weighted by Gasteiger charge is 2.16. The van der Waals surface area contributed by atoms with Crippen LogP contribution < -0.4 is 0 Å². The number of rotatable bonds is 3. The molecule has 4 nitrogen and oxygen atoms in total. The van der Waals surface area contributed by atoms with Crippen molar-refractivity contribution in [3.8, 4) is 11.3 Å². The number of aromatic nitrogens is 2. The predicted molar refractivity (Wildman–Crippen MR) is 71.8 cm³/mol. The molecule has 2 aromatic rings. The molecule has 0 amide bonds. The van der Waals surface area contributed by atoms with E-state index in [4.69, 9.17) is 4.74 Å². The summed E-state index contributed by atoms with van der Waals surface area (Å²) in [5.74, 6) is -0.300. The second-order valence-corrected chi connectivity index (χ2v) is 5.49. The first-order valence-electron chi connectivity index (χ1n) is 5.77. The fourth-order valence-corrected chi connectivity index (χ4v) is 2.30. The monoisotopic (exact) mass is 264 g/mol. The Kier molecular flexibility index (Phi) is 3.52. The number of thiazole rings is 1. The number of esters is 1. The molecule has 2 aromatic heterocycles. The number of aryl methyl sites for hydroxylation is 2. The van der Waals surface area contributed by atoms with E-state index < -0.39 is 0 Å². The molecule has 0 aliphatic carbocycles. The molecule has 0 N–H and O–H groups in total. The smallest absolute Gasteiger partial charge is 0.355 e. The van der Waals surface area contributed by atoms with Gasteiger partial charge < -0.3 is 9.30 Å². The van der Waals surface area contributed by atoms with Gasteiger partial charge in [-0.05, 0) is 26.8 Å². The van der Waals surface area contributed by atoms with E-state index in [1.165, 1.54) is 0 Å². The summed E-state index contributed by atoms with van der Waals surface area (Å²) in [5, 5.41) is 3.00. The van der Waals surface area contributed by atoms with Crippen LogP contribution in [0.4, 0.5) is 0 Å². The molecule has 18 heavy (non-hydrogen) atoms. The number of carbonyl (C=O) groups excluding carboxylic acids is 1. The second kappa shape index (κ2) is 4.94. The van der Waals surface area contributed by atoms with Crippen molar-refractivity contribution in [2.24, 2.45) is 7.05 Å². The van der Waals surface area contributed by atoms with E-state index in [1.807, 2.05) is 45.5 Å². The molecule has 2 heterocycles. The number of ether oxygens (including phenoxy) is 1. The second-order valence-electron chi connectivity index (χ2n) is 4.43. The maximum atomic E-state index is 11.9. The fraction of sp³-hybridized carbons (Fsp3) is 0.385. The summed E-state index contributed by atoms with van der Waals surface area (Å²) in [6, 6.07) is 1.82. The van der Waals surface area contributed by atoms with E-state index in [0.29, 0.717) is 5.69 Å². The van der Waals surface area contributed by atoms with Crippen LogP contribution in [0.1, 0.15) is 29.3 Å². The third-order valence-corrected chi connectivity index (χ3v) is 3.25. The zero-order chi connectivity index (χ0) is 13.3. The Morgan fingerprint density at radius 3 is 2.78 bits per heavy atom. The summed E-state index contributed by atoms with van der Waals surface area (Å²) in [6.07, 6.45) is 1.78. The summed E-state index contributed by atoms with van der Waals surface area (Å²) in [6.45, 7) is 5.64. The van der Waals surface area contributed by atoms with Gasteiger partial charge in [0, 0.05) is 24.2 Å². The molecule has 5 heteroatoms. The lowest BCUT2D eigenvalue weighted by Crippen LogP contribution is -2.14. The van der Waals surface area contributed by atoms with Crippen molar-refractivity contribution in [1.29, 1.82) is 0 Å². The largest absolute Gasteiger partial charge is 0.458 e. The van der Waals surface area contributed by atoms with E-state index in [9.17, 15) is 4.79 Å². The molecule has 0 spiro atoms. The Bertz CT molecular complexity index is 569. The molecule has 96 valence electrons. The normalized spacial score (nSPS) is 10.9. The highest BCUT2D eigenvalue weighted by atomic mass is 32.1. The Hall–Kier alpha value is -1.62. The molecule has 0 aliphatic heterocycles.